The van der Waals surface area contributed by atoms with Crippen LogP contribution < -0.4 is 4.72 Å². The van der Waals surface area contributed by atoms with Crippen LogP contribution in [0.2, 0.25) is 0 Å². The lowest BCUT2D eigenvalue weighted by molar-refractivity contribution is 0.274. The van der Waals surface area contributed by atoms with Crippen LogP contribution in [-0.4, -0.2) is 31.9 Å². The summed E-state index contributed by atoms with van der Waals surface area (Å²) in [6.45, 7) is 1.40. The zero-order chi connectivity index (χ0) is 16.4. The SMILES string of the molecule is CN1Cc2ccccc2C(NS(=O)(=O)c2ccc(C#N)nc2)C1. The number of aromatic nitrogens is 1. The molecule has 0 aliphatic carbocycles. The molecule has 0 amide bonds. The average molecular weight is 328 g/mol. The van der Waals surface area contributed by atoms with Crippen molar-refractivity contribution in [1.29, 1.82) is 5.26 Å². The Morgan fingerprint density at radius 2 is 2.09 bits per heavy atom. The summed E-state index contributed by atoms with van der Waals surface area (Å²) in [5, 5.41) is 8.75. The molecule has 3 rings (SSSR count). The van der Waals surface area contributed by atoms with Gasteiger partial charge in [-0.1, -0.05) is 24.3 Å². The Bertz CT molecular complexity index is 856. The van der Waals surface area contributed by atoms with E-state index in [-0.39, 0.29) is 16.6 Å². The van der Waals surface area contributed by atoms with E-state index in [0.29, 0.717) is 6.54 Å². The molecule has 118 valence electrons. The molecule has 23 heavy (non-hydrogen) atoms. The summed E-state index contributed by atoms with van der Waals surface area (Å²) in [4.78, 5) is 5.96. The van der Waals surface area contributed by atoms with Crippen LogP contribution in [0.3, 0.4) is 0 Å². The highest BCUT2D eigenvalue weighted by Gasteiger charge is 2.27. The highest BCUT2D eigenvalue weighted by atomic mass is 32.2. The quantitative estimate of drug-likeness (QED) is 0.921. The first kappa shape index (κ1) is 15.6. The van der Waals surface area contributed by atoms with Crippen LogP contribution in [-0.2, 0) is 16.6 Å². The molecule has 1 aliphatic rings. The molecule has 6 nitrogen and oxygen atoms in total. The number of benzene rings is 1. The van der Waals surface area contributed by atoms with Crippen molar-refractivity contribution < 1.29 is 8.42 Å². The van der Waals surface area contributed by atoms with Gasteiger partial charge in [0.05, 0.1) is 6.04 Å². The Labute approximate surface area is 135 Å². The number of hydrogen-bond acceptors (Lipinski definition) is 5. The van der Waals surface area contributed by atoms with Crippen LogP contribution in [0.25, 0.3) is 0 Å². The number of nitrogens with zero attached hydrogens (tertiary/aromatic N) is 3. The monoisotopic (exact) mass is 328 g/mol. The maximum absolute atomic E-state index is 12.6. The van der Waals surface area contributed by atoms with Crippen molar-refractivity contribution in [2.45, 2.75) is 17.5 Å². The lowest BCUT2D eigenvalue weighted by atomic mass is 9.96. The van der Waals surface area contributed by atoms with Crippen molar-refractivity contribution in [3.05, 3.63) is 59.4 Å². The number of hydrogen-bond donors (Lipinski definition) is 1. The highest BCUT2D eigenvalue weighted by Crippen LogP contribution is 2.27. The number of sulfonamides is 1. The van der Waals surface area contributed by atoms with Gasteiger partial charge in [-0.2, -0.15) is 5.26 Å². The van der Waals surface area contributed by atoms with E-state index in [1.807, 2.05) is 37.4 Å². The van der Waals surface area contributed by atoms with Crippen LogP contribution in [0.1, 0.15) is 22.9 Å². The topological polar surface area (TPSA) is 86.1 Å². The molecule has 7 heteroatoms. The predicted octanol–water partition coefficient (Wildman–Crippen LogP) is 1.42. The van der Waals surface area contributed by atoms with Crippen LogP contribution in [0.4, 0.5) is 0 Å². The maximum atomic E-state index is 12.6. The van der Waals surface area contributed by atoms with Crippen molar-refractivity contribution in [3.8, 4) is 6.07 Å². The smallest absolute Gasteiger partial charge is 0.242 e. The number of fused-ring (bicyclic) bond motifs is 1. The van der Waals surface area contributed by atoms with Gasteiger partial charge in [-0.25, -0.2) is 18.1 Å². The third kappa shape index (κ3) is 3.24. The molecule has 2 aromatic rings. The van der Waals surface area contributed by atoms with Crippen LogP contribution in [0.5, 0.6) is 0 Å². The second kappa shape index (κ2) is 6.08. The first-order valence-electron chi connectivity index (χ1n) is 7.14. The third-order valence-corrected chi connectivity index (χ3v) is 5.28. The summed E-state index contributed by atoms with van der Waals surface area (Å²) >= 11 is 0. The van der Waals surface area contributed by atoms with Crippen molar-refractivity contribution in [1.82, 2.24) is 14.6 Å². The third-order valence-electron chi connectivity index (χ3n) is 3.82. The molecule has 0 fully saturated rings. The van der Waals surface area contributed by atoms with Gasteiger partial charge in [0.1, 0.15) is 16.7 Å². The highest BCUT2D eigenvalue weighted by molar-refractivity contribution is 7.89. The van der Waals surface area contributed by atoms with Crippen molar-refractivity contribution in [3.63, 3.8) is 0 Å². The summed E-state index contributed by atoms with van der Waals surface area (Å²) in [7, 11) is -1.74. The van der Waals surface area contributed by atoms with Gasteiger partial charge in [0.2, 0.25) is 10.0 Å². The fraction of sp³-hybridized carbons (Fsp3) is 0.250. The summed E-state index contributed by atoms with van der Waals surface area (Å²) in [6, 6.07) is 12.2. The van der Waals surface area contributed by atoms with E-state index >= 15 is 0 Å². The van der Waals surface area contributed by atoms with Crippen molar-refractivity contribution in [2.24, 2.45) is 0 Å². The number of pyridine rings is 1. The molecule has 1 unspecified atom stereocenters. The van der Waals surface area contributed by atoms with Gasteiger partial charge in [-0.15, -0.1) is 0 Å². The van der Waals surface area contributed by atoms with Gasteiger partial charge in [0, 0.05) is 19.3 Å². The molecule has 0 bridgehead atoms. The predicted molar refractivity (Wildman–Crippen MR) is 84.8 cm³/mol. The largest absolute Gasteiger partial charge is 0.300 e. The van der Waals surface area contributed by atoms with E-state index in [0.717, 1.165) is 17.7 Å². The first-order valence-corrected chi connectivity index (χ1v) is 8.63. The summed E-state index contributed by atoms with van der Waals surface area (Å²) in [5.74, 6) is 0. The second-order valence-electron chi connectivity index (χ2n) is 5.56. The van der Waals surface area contributed by atoms with Gasteiger partial charge in [0.15, 0.2) is 0 Å². The van der Waals surface area contributed by atoms with Gasteiger partial charge in [-0.05, 0) is 30.3 Å². The average Bonchev–Trinajstić information content (AvgIpc) is 2.54. The first-order chi connectivity index (χ1) is 11.0. The number of rotatable bonds is 3. The lowest BCUT2D eigenvalue weighted by Crippen LogP contribution is -2.40. The molecule has 1 aromatic carbocycles. The Balaban J connectivity index is 1.90. The Morgan fingerprint density at radius 3 is 2.78 bits per heavy atom. The molecule has 1 N–H and O–H groups in total. The van der Waals surface area contributed by atoms with E-state index in [2.05, 4.69) is 14.6 Å². The molecular weight excluding hydrogens is 312 g/mol. The van der Waals surface area contributed by atoms with Crippen molar-refractivity contribution >= 4 is 10.0 Å². The molecular formula is C16H16N4O2S. The maximum Gasteiger partial charge on any atom is 0.242 e. The zero-order valence-electron chi connectivity index (χ0n) is 12.6. The van der Waals surface area contributed by atoms with Crippen LogP contribution in [0, 0.1) is 11.3 Å². The number of likely N-dealkylation sites (N-methyl/N-ethyl adjacent to an activating group) is 1. The van der Waals surface area contributed by atoms with Gasteiger partial charge < -0.3 is 4.90 Å². The fourth-order valence-electron chi connectivity index (χ4n) is 2.74. The minimum atomic E-state index is -3.70. The summed E-state index contributed by atoms with van der Waals surface area (Å²) in [6.07, 6.45) is 1.21. The molecule has 0 saturated carbocycles. The molecule has 1 aliphatic heterocycles. The lowest BCUT2D eigenvalue weighted by Gasteiger charge is -2.32. The fourth-order valence-corrected chi connectivity index (χ4v) is 3.90. The van der Waals surface area contributed by atoms with Gasteiger partial charge >= 0.3 is 0 Å². The van der Waals surface area contributed by atoms with Crippen LogP contribution in [0.15, 0.2) is 47.5 Å². The van der Waals surface area contributed by atoms with Gasteiger partial charge in [0.25, 0.3) is 0 Å². The number of nitriles is 1. The Kier molecular flexibility index (Phi) is 4.13. The second-order valence-corrected chi connectivity index (χ2v) is 7.27. The van der Waals surface area contributed by atoms with Gasteiger partial charge in [-0.3, -0.25) is 0 Å². The molecule has 1 aromatic heterocycles. The Morgan fingerprint density at radius 1 is 1.30 bits per heavy atom. The molecule has 0 saturated heterocycles. The van der Waals surface area contributed by atoms with E-state index in [4.69, 9.17) is 5.26 Å². The Hall–Kier alpha value is -2.27. The van der Waals surface area contributed by atoms with Crippen LogP contribution >= 0.6 is 0 Å². The van der Waals surface area contributed by atoms with E-state index in [1.165, 1.54) is 18.3 Å². The van der Waals surface area contributed by atoms with Crippen molar-refractivity contribution in [2.75, 3.05) is 13.6 Å². The zero-order valence-corrected chi connectivity index (χ0v) is 13.4. The molecule has 2 heterocycles. The van der Waals surface area contributed by atoms with E-state index in [9.17, 15) is 8.42 Å². The molecule has 1 atom stereocenters. The molecule has 0 radical (unpaired) electrons. The normalized spacial score (nSPS) is 18.2. The minimum Gasteiger partial charge on any atom is -0.300 e. The summed E-state index contributed by atoms with van der Waals surface area (Å²) < 4.78 is 27.9. The molecule has 0 spiro atoms. The van der Waals surface area contributed by atoms with E-state index in [1.54, 1.807) is 0 Å². The van der Waals surface area contributed by atoms with E-state index < -0.39 is 10.0 Å². The standard InChI is InChI=1S/C16H16N4O2S/c1-20-10-12-4-2-3-5-15(12)16(11-20)19-23(21,22)14-7-6-13(8-17)18-9-14/h2-7,9,16,19H,10-11H2,1H3. The minimum absolute atomic E-state index is 0.0576. The number of nitrogens with one attached hydrogen (secondary N) is 1. The summed E-state index contributed by atoms with van der Waals surface area (Å²) in [5.41, 5.74) is 2.30.